The molecule has 19 heavy (non-hydrogen) atoms. The molecule has 0 fully saturated rings. The van der Waals surface area contributed by atoms with Gasteiger partial charge in [0.05, 0.1) is 10.5 Å². The van der Waals surface area contributed by atoms with Crippen LogP contribution in [0.3, 0.4) is 0 Å². The summed E-state index contributed by atoms with van der Waals surface area (Å²) in [6, 6.07) is 5.04. The van der Waals surface area contributed by atoms with E-state index in [1.54, 1.807) is 25.1 Å². The predicted molar refractivity (Wildman–Crippen MR) is 79.6 cm³/mol. The van der Waals surface area contributed by atoms with Crippen molar-refractivity contribution in [1.29, 1.82) is 0 Å². The van der Waals surface area contributed by atoms with Gasteiger partial charge in [-0.1, -0.05) is 19.4 Å². The van der Waals surface area contributed by atoms with Crippen LogP contribution in [0.15, 0.2) is 27.6 Å². The number of aryl methyl sites for hydroxylation is 1. The van der Waals surface area contributed by atoms with Gasteiger partial charge in [0.1, 0.15) is 0 Å². The highest BCUT2D eigenvalue weighted by Gasteiger charge is 2.24. The van der Waals surface area contributed by atoms with Crippen molar-refractivity contribution in [2.45, 2.75) is 44.1 Å². The minimum Gasteiger partial charge on any atom is -0.389 e. The van der Waals surface area contributed by atoms with E-state index in [0.717, 1.165) is 12.0 Å². The molecule has 0 radical (unpaired) electrons. The van der Waals surface area contributed by atoms with Crippen LogP contribution in [-0.4, -0.2) is 25.7 Å². The Morgan fingerprint density at radius 2 is 2.05 bits per heavy atom. The average molecular weight is 350 g/mol. The summed E-state index contributed by atoms with van der Waals surface area (Å²) in [6.45, 7) is 5.47. The standard InChI is InChI=1S/C13H20BrNO3S/c1-4-7-13(3,16)9-15-19(17,18)12-6-5-10(2)8-11(12)14/h5-6,8,15-16H,4,7,9H2,1-3H3. The van der Waals surface area contributed by atoms with E-state index in [-0.39, 0.29) is 11.4 Å². The first-order valence-electron chi connectivity index (χ1n) is 6.16. The van der Waals surface area contributed by atoms with E-state index in [1.165, 1.54) is 0 Å². The first-order valence-corrected chi connectivity index (χ1v) is 8.44. The van der Waals surface area contributed by atoms with Crippen LogP contribution in [0.4, 0.5) is 0 Å². The molecule has 0 saturated carbocycles. The van der Waals surface area contributed by atoms with Gasteiger partial charge in [0, 0.05) is 11.0 Å². The average Bonchev–Trinajstić information content (AvgIpc) is 2.26. The molecule has 0 spiro atoms. The van der Waals surface area contributed by atoms with E-state index in [4.69, 9.17) is 0 Å². The van der Waals surface area contributed by atoms with Crippen molar-refractivity contribution >= 4 is 26.0 Å². The summed E-state index contributed by atoms with van der Waals surface area (Å²) in [6.07, 6.45) is 1.34. The van der Waals surface area contributed by atoms with Gasteiger partial charge in [-0.25, -0.2) is 13.1 Å². The lowest BCUT2D eigenvalue weighted by Crippen LogP contribution is -2.40. The number of nitrogens with one attached hydrogen (secondary N) is 1. The van der Waals surface area contributed by atoms with Crippen LogP contribution >= 0.6 is 15.9 Å². The third-order valence-corrected chi connectivity index (χ3v) is 5.19. The summed E-state index contributed by atoms with van der Waals surface area (Å²) in [7, 11) is -3.62. The van der Waals surface area contributed by atoms with Crippen LogP contribution in [0.5, 0.6) is 0 Å². The van der Waals surface area contributed by atoms with Crippen LogP contribution < -0.4 is 4.72 Å². The maximum absolute atomic E-state index is 12.2. The summed E-state index contributed by atoms with van der Waals surface area (Å²) in [5.74, 6) is 0. The minimum atomic E-state index is -3.62. The van der Waals surface area contributed by atoms with Crippen LogP contribution in [0.1, 0.15) is 32.3 Å². The monoisotopic (exact) mass is 349 g/mol. The summed E-state index contributed by atoms with van der Waals surface area (Å²) >= 11 is 3.25. The van der Waals surface area contributed by atoms with Gasteiger partial charge in [-0.15, -0.1) is 0 Å². The molecular formula is C13H20BrNO3S. The van der Waals surface area contributed by atoms with E-state index in [1.807, 2.05) is 13.8 Å². The molecule has 2 N–H and O–H groups in total. The molecule has 0 amide bonds. The number of rotatable bonds is 6. The van der Waals surface area contributed by atoms with Gasteiger partial charge in [-0.3, -0.25) is 0 Å². The lowest BCUT2D eigenvalue weighted by Gasteiger charge is -2.23. The fraction of sp³-hybridized carbons (Fsp3) is 0.538. The number of benzene rings is 1. The molecule has 1 aromatic carbocycles. The van der Waals surface area contributed by atoms with E-state index < -0.39 is 15.6 Å². The van der Waals surface area contributed by atoms with Crippen molar-refractivity contribution in [3.05, 3.63) is 28.2 Å². The molecule has 1 unspecified atom stereocenters. The van der Waals surface area contributed by atoms with Gasteiger partial charge < -0.3 is 5.11 Å². The lowest BCUT2D eigenvalue weighted by atomic mass is 10.0. The number of hydrogen-bond donors (Lipinski definition) is 2. The molecule has 0 aliphatic rings. The van der Waals surface area contributed by atoms with Gasteiger partial charge >= 0.3 is 0 Å². The van der Waals surface area contributed by atoms with E-state index >= 15 is 0 Å². The maximum atomic E-state index is 12.2. The second-order valence-electron chi connectivity index (χ2n) is 5.01. The Balaban J connectivity index is 2.87. The Bertz CT molecular complexity index is 541. The normalized spacial score (nSPS) is 15.2. The first-order chi connectivity index (χ1) is 8.68. The highest BCUT2D eigenvalue weighted by molar-refractivity contribution is 9.10. The Morgan fingerprint density at radius 1 is 1.42 bits per heavy atom. The van der Waals surface area contributed by atoms with Gasteiger partial charge in [0.15, 0.2) is 0 Å². The number of hydrogen-bond acceptors (Lipinski definition) is 3. The quantitative estimate of drug-likeness (QED) is 0.829. The molecule has 4 nitrogen and oxygen atoms in total. The smallest absolute Gasteiger partial charge is 0.241 e. The Labute approximate surface area is 123 Å². The fourth-order valence-corrected chi connectivity index (χ4v) is 4.13. The molecular weight excluding hydrogens is 330 g/mol. The Morgan fingerprint density at radius 3 is 2.58 bits per heavy atom. The summed E-state index contributed by atoms with van der Waals surface area (Å²) in [5, 5.41) is 10.00. The molecule has 0 heterocycles. The third-order valence-electron chi connectivity index (χ3n) is 2.81. The molecule has 0 aliphatic heterocycles. The first kappa shape index (κ1) is 16.6. The van der Waals surface area contributed by atoms with Gasteiger partial charge in [0.25, 0.3) is 0 Å². The zero-order valence-electron chi connectivity index (χ0n) is 11.4. The van der Waals surface area contributed by atoms with Crippen molar-refractivity contribution in [3.8, 4) is 0 Å². The molecule has 0 aromatic heterocycles. The van der Waals surface area contributed by atoms with E-state index in [2.05, 4.69) is 20.7 Å². The zero-order valence-corrected chi connectivity index (χ0v) is 13.8. The Kier molecular flexibility index (Phi) is 5.55. The van der Waals surface area contributed by atoms with E-state index in [9.17, 15) is 13.5 Å². The van der Waals surface area contributed by atoms with Crippen molar-refractivity contribution < 1.29 is 13.5 Å². The molecule has 0 aliphatic carbocycles. The lowest BCUT2D eigenvalue weighted by molar-refractivity contribution is 0.0554. The summed E-state index contributed by atoms with van der Waals surface area (Å²) in [4.78, 5) is 0.186. The topological polar surface area (TPSA) is 66.4 Å². The predicted octanol–water partition coefficient (Wildman–Crippen LogP) is 2.59. The van der Waals surface area contributed by atoms with Crippen LogP contribution in [0, 0.1) is 6.92 Å². The number of sulfonamides is 1. The minimum absolute atomic E-state index is 0.00346. The molecule has 1 rings (SSSR count). The van der Waals surface area contributed by atoms with E-state index in [0.29, 0.717) is 10.9 Å². The number of aliphatic hydroxyl groups is 1. The molecule has 1 aromatic rings. The van der Waals surface area contributed by atoms with Gasteiger partial charge in [0.2, 0.25) is 10.0 Å². The SMILES string of the molecule is CCCC(C)(O)CNS(=O)(=O)c1ccc(C)cc1Br. The Hall–Kier alpha value is -0.430. The largest absolute Gasteiger partial charge is 0.389 e. The highest BCUT2D eigenvalue weighted by atomic mass is 79.9. The number of halogens is 1. The second-order valence-corrected chi connectivity index (χ2v) is 7.60. The van der Waals surface area contributed by atoms with Crippen LogP contribution in [0.25, 0.3) is 0 Å². The molecule has 0 bridgehead atoms. The fourth-order valence-electron chi connectivity index (χ4n) is 1.78. The third kappa shape index (κ3) is 4.87. The van der Waals surface area contributed by atoms with Crippen molar-refractivity contribution in [2.24, 2.45) is 0 Å². The van der Waals surface area contributed by atoms with Gasteiger partial charge in [-0.2, -0.15) is 0 Å². The van der Waals surface area contributed by atoms with Crippen molar-refractivity contribution in [1.82, 2.24) is 4.72 Å². The second kappa shape index (κ2) is 6.35. The maximum Gasteiger partial charge on any atom is 0.241 e. The molecule has 6 heteroatoms. The highest BCUT2D eigenvalue weighted by Crippen LogP contribution is 2.23. The van der Waals surface area contributed by atoms with Crippen molar-refractivity contribution in [3.63, 3.8) is 0 Å². The molecule has 1 atom stereocenters. The van der Waals surface area contributed by atoms with Crippen LogP contribution in [0.2, 0.25) is 0 Å². The van der Waals surface area contributed by atoms with Gasteiger partial charge in [-0.05, 0) is 53.9 Å². The summed E-state index contributed by atoms with van der Waals surface area (Å²) < 4.78 is 27.3. The molecule has 0 saturated heterocycles. The zero-order chi connectivity index (χ0) is 14.7. The summed E-state index contributed by atoms with van der Waals surface area (Å²) in [5.41, 5.74) is -0.0530. The van der Waals surface area contributed by atoms with Crippen LogP contribution in [-0.2, 0) is 10.0 Å². The molecule has 108 valence electrons. The van der Waals surface area contributed by atoms with Crippen molar-refractivity contribution in [2.75, 3.05) is 6.54 Å².